The van der Waals surface area contributed by atoms with E-state index in [9.17, 15) is 9.59 Å². The second-order valence-electron chi connectivity index (χ2n) is 5.70. The van der Waals surface area contributed by atoms with Crippen molar-refractivity contribution in [3.63, 3.8) is 0 Å². The monoisotopic (exact) mass is 416 g/mol. The summed E-state index contributed by atoms with van der Waals surface area (Å²) in [6.07, 6.45) is 4.58. The molecule has 0 aliphatic rings. The van der Waals surface area contributed by atoms with Gasteiger partial charge in [0, 0.05) is 18.8 Å². The summed E-state index contributed by atoms with van der Waals surface area (Å²) in [6, 6.07) is 5.90. The van der Waals surface area contributed by atoms with Crippen LogP contribution in [0.3, 0.4) is 0 Å². The van der Waals surface area contributed by atoms with Crippen molar-refractivity contribution in [3.05, 3.63) is 59.3 Å². The summed E-state index contributed by atoms with van der Waals surface area (Å²) in [5.74, 6) is 0.242. The van der Waals surface area contributed by atoms with Crippen molar-refractivity contribution in [3.8, 4) is 11.6 Å². The first kappa shape index (κ1) is 20.1. The summed E-state index contributed by atoms with van der Waals surface area (Å²) >= 11 is 6.16. The zero-order chi connectivity index (χ0) is 20.8. The first-order valence-electron chi connectivity index (χ1n) is 8.32. The maximum Gasteiger partial charge on any atom is 0.341 e. The predicted molar refractivity (Wildman–Crippen MR) is 104 cm³/mol. The molecule has 1 aromatic carbocycles. The van der Waals surface area contributed by atoms with Crippen molar-refractivity contribution >= 4 is 29.3 Å². The lowest BCUT2D eigenvalue weighted by atomic mass is 10.2. The van der Waals surface area contributed by atoms with Crippen LogP contribution in [0.4, 0.5) is 10.5 Å². The van der Waals surface area contributed by atoms with Gasteiger partial charge in [-0.25, -0.2) is 24.2 Å². The number of nitrogens with zero attached hydrogens (tertiary/aromatic N) is 4. The average Bonchev–Trinajstić information content (AvgIpc) is 3.28. The molecule has 11 heteroatoms. The Morgan fingerprint density at radius 1 is 1.24 bits per heavy atom. The summed E-state index contributed by atoms with van der Waals surface area (Å²) in [5.41, 5.74) is 1.23. The molecule has 0 spiro atoms. The lowest BCUT2D eigenvalue weighted by Gasteiger charge is -2.13. The molecular formula is C18H17ClN6O4. The topological polar surface area (TPSA) is 120 Å². The van der Waals surface area contributed by atoms with Crippen LogP contribution in [0.1, 0.15) is 15.9 Å². The van der Waals surface area contributed by atoms with Crippen LogP contribution in [0.2, 0.25) is 5.02 Å². The highest BCUT2D eigenvalue weighted by Gasteiger charge is 2.17. The van der Waals surface area contributed by atoms with Gasteiger partial charge in [-0.05, 0) is 17.7 Å². The maximum atomic E-state index is 12.2. The Morgan fingerprint density at radius 2 is 2.07 bits per heavy atom. The van der Waals surface area contributed by atoms with E-state index in [0.29, 0.717) is 5.82 Å². The van der Waals surface area contributed by atoms with Gasteiger partial charge in [0.15, 0.2) is 5.82 Å². The molecule has 2 N–H and O–H groups in total. The number of aromatic nitrogens is 4. The molecule has 0 aliphatic heterocycles. The SMILES string of the molecule is COC(=O)c1cc(Cl)c(NC(=O)NCc2ccc(-n3cncn3)nc2)cc1OC. The van der Waals surface area contributed by atoms with Crippen LogP contribution in [0.25, 0.3) is 5.82 Å². The number of nitrogens with one attached hydrogen (secondary N) is 2. The molecule has 29 heavy (non-hydrogen) atoms. The summed E-state index contributed by atoms with van der Waals surface area (Å²) in [5, 5.41) is 9.48. The second-order valence-corrected chi connectivity index (χ2v) is 6.10. The molecule has 0 atom stereocenters. The number of ether oxygens (including phenoxy) is 2. The summed E-state index contributed by atoms with van der Waals surface area (Å²) in [4.78, 5) is 32.1. The zero-order valence-corrected chi connectivity index (χ0v) is 16.3. The number of pyridine rings is 1. The van der Waals surface area contributed by atoms with Crippen molar-refractivity contribution in [1.82, 2.24) is 25.1 Å². The lowest BCUT2D eigenvalue weighted by molar-refractivity contribution is 0.0597. The Balaban J connectivity index is 1.62. The number of carbonyl (C=O) groups excluding carboxylic acids is 2. The largest absolute Gasteiger partial charge is 0.496 e. The number of rotatable bonds is 6. The zero-order valence-electron chi connectivity index (χ0n) is 15.5. The fourth-order valence-corrected chi connectivity index (χ4v) is 2.63. The highest BCUT2D eigenvalue weighted by molar-refractivity contribution is 6.34. The first-order valence-corrected chi connectivity index (χ1v) is 8.70. The van der Waals surface area contributed by atoms with Gasteiger partial charge in [-0.2, -0.15) is 5.10 Å². The number of halogens is 1. The molecule has 2 heterocycles. The molecule has 2 amide bonds. The van der Waals surface area contributed by atoms with Crippen molar-refractivity contribution in [2.75, 3.05) is 19.5 Å². The van der Waals surface area contributed by atoms with E-state index in [1.807, 2.05) is 6.07 Å². The van der Waals surface area contributed by atoms with Crippen LogP contribution < -0.4 is 15.4 Å². The molecule has 0 radical (unpaired) electrons. The smallest absolute Gasteiger partial charge is 0.341 e. The molecule has 2 aromatic heterocycles. The van der Waals surface area contributed by atoms with Gasteiger partial charge in [0.1, 0.15) is 24.0 Å². The quantitative estimate of drug-likeness (QED) is 0.592. The normalized spacial score (nSPS) is 10.3. The molecule has 3 aromatic rings. The summed E-state index contributed by atoms with van der Waals surface area (Å²) < 4.78 is 11.4. The van der Waals surface area contributed by atoms with E-state index in [2.05, 4.69) is 30.4 Å². The molecule has 150 valence electrons. The summed E-state index contributed by atoms with van der Waals surface area (Å²) in [6.45, 7) is 0.242. The van der Waals surface area contributed by atoms with Gasteiger partial charge in [-0.3, -0.25) is 0 Å². The van der Waals surface area contributed by atoms with E-state index >= 15 is 0 Å². The fourth-order valence-electron chi connectivity index (χ4n) is 2.42. The van der Waals surface area contributed by atoms with Gasteiger partial charge in [-0.1, -0.05) is 17.7 Å². The fraction of sp³-hybridized carbons (Fsp3) is 0.167. The standard InChI is InChI=1S/C18H17ClN6O4/c1-28-15-6-14(13(19)5-12(15)17(26)29-2)24-18(27)22-8-11-3-4-16(21-7-11)25-10-20-9-23-25/h3-7,9-10H,8H2,1-2H3,(H2,22,24,27). The van der Waals surface area contributed by atoms with Crippen LogP contribution in [0, 0.1) is 0 Å². The third-order valence-electron chi connectivity index (χ3n) is 3.86. The van der Waals surface area contributed by atoms with E-state index in [4.69, 9.17) is 16.3 Å². The third kappa shape index (κ3) is 4.79. The second kappa shape index (κ2) is 9.02. The minimum absolute atomic E-state index is 0.157. The number of methoxy groups -OCH3 is 2. The van der Waals surface area contributed by atoms with Crippen molar-refractivity contribution in [1.29, 1.82) is 0 Å². The van der Waals surface area contributed by atoms with Crippen molar-refractivity contribution in [2.24, 2.45) is 0 Å². The Hall–Kier alpha value is -3.66. The molecule has 0 fully saturated rings. The number of anilines is 1. The summed E-state index contributed by atoms with van der Waals surface area (Å²) in [7, 11) is 2.65. The van der Waals surface area contributed by atoms with Gasteiger partial charge >= 0.3 is 12.0 Å². The number of esters is 1. The number of carbonyl (C=O) groups is 2. The van der Waals surface area contributed by atoms with Crippen LogP contribution in [-0.2, 0) is 11.3 Å². The number of hydrogen-bond acceptors (Lipinski definition) is 7. The van der Waals surface area contributed by atoms with Gasteiger partial charge < -0.3 is 20.1 Å². The average molecular weight is 417 g/mol. The maximum absolute atomic E-state index is 12.2. The van der Waals surface area contributed by atoms with Gasteiger partial charge in [0.25, 0.3) is 0 Å². The third-order valence-corrected chi connectivity index (χ3v) is 4.17. The molecule has 10 nitrogen and oxygen atoms in total. The van der Waals surface area contributed by atoms with Gasteiger partial charge in [0.05, 0.1) is 24.9 Å². The predicted octanol–water partition coefficient (Wildman–Crippen LogP) is 2.43. The molecule has 3 rings (SSSR count). The van der Waals surface area contributed by atoms with E-state index < -0.39 is 12.0 Å². The molecule has 0 aliphatic carbocycles. The first-order chi connectivity index (χ1) is 14.0. The Bertz CT molecular complexity index is 1010. The molecule has 0 bridgehead atoms. The molecule has 0 saturated heterocycles. The minimum Gasteiger partial charge on any atom is -0.496 e. The van der Waals surface area contributed by atoms with Crippen LogP contribution in [0.5, 0.6) is 5.75 Å². The number of benzene rings is 1. The number of amides is 2. The van der Waals surface area contributed by atoms with Gasteiger partial charge in [-0.15, -0.1) is 0 Å². The van der Waals surface area contributed by atoms with Crippen molar-refractivity contribution in [2.45, 2.75) is 6.54 Å². The molecule has 0 unspecified atom stereocenters. The van der Waals surface area contributed by atoms with E-state index in [-0.39, 0.29) is 28.6 Å². The number of urea groups is 1. The molecule has 0 saturated carbocycles. The minimum atomic E-state index is -0.596. The van der Waals surface area contributed by atoms with Crippen LogP contribution in [0.15, 0.2) is 43.1 Å². The lowest BCUT2D eigenvalue weighted by Crippen LogP contribution is -2.28. The van der Waals surface area contributed by atoms with E-state index in [0.717, 1.165) is 5.56 Å². The number of hydrogen-bond donors (Lipinski definition) is 2. The van der Waals surface area contributed by atoms with Gasteiger partial charge in [0.2, 0.25) is 0 Å². The van der Waals surface area contributed by atoms with Crippen LogP contribution in [-0.4, -0.2) is 46.0 Å². The van der Waals surface area contributed by atoms with E-state index in [1.165, 1.54) is 43.7 Å². The Kier molecular flexibility index (Phi) is 6.25. The Labute approximate surface area is 170 Å². The molecular weight excluding hydrogens is 400 g/mol. The van der Waals surface area contributed by atoms with Crippen LogP contribution >= 0.6 is 11.6 Å². The Morgan fingerprint density at radius 3 is 2.69 bits per heavy atom. The highest BCUT2D eigenvalue weighted by atomic mass is 35.5. The highest BCUT2D eigenvalue weighted by Crippen LogP contribution is 2.31. The van der Waals surface area contributed by atoms with Crippen molar-refractivity contribution < 1.29 is 19.1 Å². The van der Waals surface area contributed by atoms with E-state index in [1.54, 1.807) is 12.3 Å².